The molecule has 0 aromatic heterocycles. The standard InChI is InChI=1S/C26H52O2/c1-4-6-7-8-9-10-11-12-13-14-15-16-19-25-21-26(28-22-25)23-27-20-17-18-24(3)5-2/h24-26H,4-23H2,1-3H3. The normalized spacial score (nSPS) is 20.7. The summed E-state index contributed by atoms with van der Waals surface area (Å²) in [5.41, 5.74) is 0. The van der Waals surface area contributed by atoms with Crippen molar-refractivity contribution in [2.45, 2.75) is 136 Å². The summed E-state index contributed by atoms with van der Waals surface area (Å²) in [4.78, 5) is 0. The zero-order valence-electron chi connectivity index (χ0n) is 19.7. The third-order valence-electron chi connectivity index (χ3n) is 6.62. The monoisotopic (exact) mass is 396 g/mol. The van der Waals surface area contributed by atoms with Gasteiger partial charge in [-0.2, -0.15) is 0 Å². The molecule has 2 heteroatoms. The molecule has 1 rings (SSSR count). The molecule has 0 radical (unpaired) electrons. The molecule has 1 fully saturated rings. The minimum atomic E-state index is 0.367. The van der Waals surface area contributed by atoms with E-state index in [0.717, 1.165) is 31.7 Å². The smallest absolute Gasteiger partial charge is 0.0812 e. The summed E-state index contributed by atoms with van der Waals surface area (Å²) in [6.07, 6.45) is 24.0. The SMILES string of the molecule is CCCCCCCCCCCCCCC1COC(COCCCC(C)CC)C1. The summed E-state index contributed by atoms with van der Waals surface area (Å²) >= 11 is 0. The Bertz CT molecular complexity index is 318. The summed E-state index contributed by atoms with van der Waals surface area (Å²) in [5.74, 6) is 1.63. The van der Waals surface area contributed by atoms with E-state index in [2.05, 4.69) is 20.8 Å². The zero-order valence-corrected chi connectivity index (χ0v) is 19.7. The fraction of sp³-hybridized carbons (Fsp3) is 1.00. The Morgan fingerprint density at radius 2 is 1.43 bits per heavy atom. The van der Waals surface area contributed by atoms with E-state index in [1.807, 2.05) is 0 Å². The highest BCUT2D eigenvalue weighted by atomic mass is 16.5. The molecular formula is C26H52O2. The van der Waals surface area contributed by atoms with Gasteiger partial charge >= 0.3 is 0 Å². The molecule has 1 saturated heterocycles. The third kappa shape index (κ3) is 14.9. The highest BCUT2D eigenvalue weighted by Crippen LogP contribution is 2.25. The molecule has 0 bridgehead atoms. The van der Waals surface area contributed by atoms with Gasteiger partial charge in [0.05, 0.1) is 12.7 Å². The van der Waals surface area contributed by atoms with Crippen LogP contribution < -0.4 is 0 Å². The number of rotatable bonds is 20. The molecular weight excluding hydrogens is 344 g/mol. The Morgan fingerprint density at radius 1 is 0.821 bits per heavy atom. The fourth-order valence-electron chi connectivity index (χ4n) is 4.32. The lowest BCUT2D eigenvalue weighted by Crippen LogP contribution is -2.15. The molecule has 3 unspecified atom stereocenters. The lowest BCUT2D eigenvalue weighted by molar-refractivity contribution is 0.0147. The summed E-state index contributed by atoms with van der Waals surface area (Å²) in [6, 6.07) is 0. The maximum absolute atomic E-state index is 5.95. The van der Waals surface area contributed by atoms with Crippen LogP contribution in [0.2, 0.25) is 0 Å². The lowest BCUT2D eigenvalue weighted by atomic mass is 9.97. The van der Waals surface area contributed by atoms with Gasteiger partial charge in [-0.25, -0.2) is 0 Å². The van der Waals surface area contributed by atoms with Gasteiger partial charge in [0.1, 0.15) is 0 Å². The first-order valence-electron chi connectivity index (χ1n) is 13.0. The van der Waals surface area contributed by atoms with Crippen LogP contribution in [0.3, 0.4) is 0 Å². The van der Waals surface area contributed by atoms with Crippen molar-refractivity contribution < 1.29 is 9.47 Å². The first kappa shape index (κ1) is 26.0. The fourth-order valence-corrected chi connectivity index (χ4v) is 4.32. The molecule has 0 spiro atoms. The molecule has 0 N–H and O–H groups in total. The van der Waals surface area contributed by atoms with E-state index in [0.29, 0.717) is 6.10 Å². The van der Waals surface area contributed by atoms with Crippen molar-refractivity contribution in [1.82, 2.24) is 0 Å². The van der Waals surface area contributed by atoms with Gasteiger partial charge in [0, 0.05) is 13.2 Å². The minimum absolute atomic E-state index is 0.367. The average Bonchev–Trinajstić information content (AvgIpc) is 3.16. The van der Waals surface area contributed by atoms with Crippen molar-refractivity contribution in [1.29, 1.82) is 0 Å². The van der Waals surface area contributed by atoms with E-state index in [-0.39, 0.29) is 0 Å². The molecule has 1 aliphatic heterocycles. The van der Waals surface area contributed by atoms with Crippen LogP contribution in [0.25, 0.3) is 0 Å². The van der Waals surface area contributed by atoms with Crippen molar-refractivity contribution >= 4 is 0 Å². The maximum atomic E-state index is 5.95. The maximum Gasteiger partial charge on any atom is 0.0812 e. The Hall–Kier alpha value is -0.0800. The van der Waals surface area contributed by atoms with Crippen LogP contribution >= 0.6 is 0 Å². The Morgan fingerprint density at radius 3 is 2.04 bits per heavy atom. The van der Waals surface area contributed by atoms with E-state index in [9.17, 15) is 0 Å². The molecule has 0 saturated carbocycles. The van der Waals surface area contributed by atoms with E-state index in [1.54, 1.807) is 0 Å². The second-order valence-corrected chi connectivity index (χ2v) is 9.47. The van der Waals surface area contributed by atoms with Crippen molar-refractivity contribution in [3.8, 4) is 0 Å². The lowest BCUT2D eigenvalue weighted by Gasteiger charge is -2.12. The summed E-state index contributed by atoms with van der Waals surface area (Å²) in [7, 11) is 0. The molecule has 0 aliphatic carbocycles. The summed E-state index contributed by atoms with van der Waals surface area (Å²) in [5, 5.41) is 0. The molecule has 1 aliphatic rings. The Kier molecular flexibility index (Phi) is 17.5. The third-order valence-corrected chi connectivity index (χ3v) is 6.62. The van der Waals surface area contributed by atoms with Gasteiger partial charge in [-0.3, -0.25) is 0 Å². The Labute approximate surface area is 177 Å². The molecule has 28 heavy (non-hydrogen) atoms. The number of unbranched alkanes of at least 4 members (excludes halogenated alkanes) is 11. The van der Waals surface area contributed by atoms with Gasteiger partial charge in [-0.1, -0.05) is 104 Å². The second-order valence-electron chi connectivity index (χ2n) is 9.47. The predicted molar refractivity (Wildman–Crippen MR) is 123 cm³/mol. The van der Waals surface area contributed by atoms with E-state index >= 15 is 0 Å². The van der Waals surface area contributed by atoms with Crippen LogP contribution in [-0.4, -0.2) is 25.9 Å². The summed E-state index contributed by atoms with van der Waals surface area (Å²) < 4.78 is 11.8. The largest absolute Gasteiger partial charge is 0.379 e. The highest BCUT2D eigenvalue weighted by molar-refractivity contribution is 4.73. The van der Waals surface area contributed by atoms with Gasteiger partial charge in [-0.15, -0.1) is 0 Å². The van der Waals surface area contributed by atoms with Gasteiger partial charge in [0.25, 0.3) is 0 Å². The van der Waals surface area contributed by atoms with Crippen LogP contribution in [0, 0.1) is 11.8 Å². The number of hydrogen-bond donors (Lipinski definition) is 0. The topological polar surface area (TPSA) is 18.5 Å². The zero-order chi connectivity index (χ0) is 20.3. The molecule has 3 atom stereocenters. The number of hydrogen-bond acceptors (Lipinski definition) is 2. The van der Waals surface area contributed by atoms with Crippen LogP contribution in [-0.2, 0) is 9.47 Å². The van der Waals surface area contributed by atoms with E-state index < -0.39 is 0 Å². The first-order valence-corrected chi connectivity index (χ1v) is 13.0. The van der Waals surface area contributed by atoms with Crippen molar-refractivity contribution in [3.63, 3.8) is 0 Å². The summed E-state index contributed by atoms with van der Waals surface area (Å²) in [6.45, 7) is 9.60. The molecule has 168 valence electrons. The molecule has 1 heterocycles. The Balaban J connectivity index is 1.81. The van der Waals surface area contributed by atoms with Gasteiger partial charge in [0.15, 0.2) is 0 Å². The second kappa shape index (κ2) is 18.9. The van der Waals surface area contributed by atoms with Crippen molar-refractivity contribution in [2.24, 2.45) is 11.8 Å². The van der Waals surface area contributed by atoms with Crippen molar-refractivity contribution in [2.75, 3.05) is 19.8 Å². The van der Waals surface area contributed by atoms with Gasteiger partial charge in [-0.05, 0) is 37.5 Å². The minimum Gasteiger partial charge on any atom is -0.379 e. The molecule has 0 aromatic rings. The number of ether oxygens (including phenoxy) is 2. The molecule has 0 amide bonds. The van der Waals surface area contributed by atoms with Gasteiger partial charge in [0.2, 0.25) is 0 Å². The predicted octanol–water partition coefficient (Wildman–Crippen LogP) is 8.33. The molecule has 0 aromatic carbocycles. The van der Waals surface area contributed by atoms with E-state index in [1.165, 1.54) is 109 Å². The average molecular weight is 397 g/mol. The first-order chi connectivity index (χ1) is 13.8. The quantitative estimate of drug-likeness (QED) is 0.193. The van der Waals surface area contributed by atoms with Crippen LogP contribution in [0.15, 0.2) is 0 Å². The van der Waals surface area contributed by atoms with Crippen molar-refractivity contribution in [3.05, 3.63) is 0 Å². The van der Waals surface area contributed by atoms with Gasteiger partial charge < -0.3 is 9.47 Å². The van der Waals surface area contributed by atoms with Crippen LogP contribution in [0.5, 0.6) is 0 Å². The highest BCUT2D eigenvalue weighted by Gasteiger charge is 2.24. The molecule has 2 nitrogen and oxygen atoms in total. The van der Waals surface area contributed by atoms with Crippen LogP contribution in [0.4, 0.5) is 0 Å². The van der Waals surface area contributed by atoms with Crippen LogP contribution in [0.1, 0.15) is 130 Å². The van der Waals surface area contributed by atoms with E-state index in [4.69, 9.17) is 9.47 Å².